The molecule has 2 aliphatic carbocycles. The first-order valence-electron chi connectivity index (χ1n) is 7.08. The van der Waals surface area contributed by atoms with Crippen molar-refractivity contribution in [2.75, 3.05) is 6.61 Å². The van der Waals surface area contributed by atoms with E-state index in [-0.39, 0.29) is 11.2 Å². The van der Waals surface area contributed by atoms with E-state index < -0.39 is 0 Å². The van der Waals surface area contributed by atoms with E-state index in [2.05, 4.69) is 0 Å². The van der Waals surface area contributed by atoms with E-state index in [4.69, 9.17) is 9.47 Å². The highest BCUT2D eigenvalue weighted by atomic mass is 16.6. The number of hydrogen-bond donors (Lipinski definition) is 0. The van der Waals surface area contributed by atoms with E-state index in [0.29, 0.717) is 5.60 Å². The number of hydrogen-bond acceptors (Lipinski definition) is 2. The van der Waals surface area contributed by atoms with Crippen LogP contribution in [0.3, 0.4) is 0 Å². The molecular weight excluding hydrogens is 200 g/mol. The second kappa shape index (κ2) is 3.02. The standard InChI is InChI=1S/C14H22O2/c1-2-6-12(5-1)9-14(11-15-12)10-13(16-14)7-3-4-8-13/h1-11H2. The summed E-state index contributed by atoms with van der Waals surface area (Å²) in [6.45, 7) is 0.884. The maximum atomic E-state index is 6.40. The SMILES string of the molecule is C1CCC2(C1)CC1(CO2)CC2(CCCC2)O1. The second-order valence-corrected chi connectivity index (χ2v) is 6.71. The van der Waals surface area contributed by atoms with Crippen molar-refractivity contribution in [2.45, 2.75) is 81.0 Å². The average Bonchev–Trinajstić information content (AvgIpc) is 2.90. The molecule has 0 amide bonds. The quantitative estimate of drug-likeness (QED) is 0.626. The molecule has 4 fully saturated rings. The van der Waals surface area contributed by atoms with Crippen molar-refractivity contribution in [1.29, 1.82) is 0 Å². The predicted molar refractivity (Wildman–Crippen MR) is 61.4 cm³/mol. The van der Waals surface area contributed by atoms with Gasteiger partial charge >= 0.3 is 0 Å². The minimum atomic E-state index is 0.147. The third kappa shape index (κ3) is 1.26. The highest BCUT2D eigenvalue weighted by molar-refractivity contribution is 5.12. The molecule has 2 aliphatic heterocycles. The van der Waals surface area contributed by atoms with E-state index >= 15 is 0 Å². The van der Waals surface area contributed by atoms with E-state index in [1.807, 2.05) is 0 Å². The van der Waals surface area contributed by atoms with Gasteiger partial charge in [-0.3, -0.25) is 0 Å². The normalized spacial score (nSPS) is 43.5. The third-order valence-electron chi connectivity index (χ3n) is 5.39. The minimum Gasteiger partial charge on any atom is -0.372 e. The van der Waals surface area contributed by atoms with Gasteiger partial charge in [0.05, 0.1) is 23.4 Å². The van der Waals surface area contributed by atoms with Gasteiger partial charge in [-0.05, 0) is 25.7 Å². The van der Waals surface area contributed by atoms with Gasteiger partial charge in [-0.25, -0.2) is 0 Å². The molecule has 2 nitrogen and oxygen atoms in total. The van der Waals surface area contributed by atoms with Gasteiger partial charge in [0.1, 0.15) is 0 Å². The average molecular weight is 222 g/mol. The topological polar surface area (TPSA) is 18.5 Å². The van der Waals surface area contributed by atoms with Gasteiger partial charge in [0.25, 0.3) is 0 Å². The van der Waals surface area contributed by atoms with Crippen LogP contribution in [0.4, 0.5) is 0 Å². The Morgan fingerprint density at radius 3 is 1.81 bits per heavy atom. The molecule has 4 rings (SSSR count). The molecular formula is C14H22O2. The van der Waals surface area contributed by atoms with E-state index in [0.717, 1.165) is 6.61 Å². The van der Waals surface area contributed by atoms with E-state index in [1.165, 1.54) is 64.2 Å². The van der Waals surface area contributed by atoms with Crippen LogP contribution in [-0.4, -0.2) is 23.4 Å². The first kappa shape index (κ1) is 9.90. The Kier molecular flexibility index (Phi) is 1.87. The number of rotatable bonds is 0. The first-order valence-corrected chi connectivity index (χ1v) is 7.08. The molecule has 1 atom stereocenters. The smallest absolute Gasteiger partial charge is 0.0977 e. The lowest BCUT2D eigenvalue weighted by Crippen LogP contribution is -2.59. The summed E-state index contributed by atoms with van der Waals surface area (Å²) in [4.78, 5) is 0. The Hall–Kier alpha value is -0.0800. The zero-order valence-electron chi connectivity index (χ0n) is 10.1. The highest BCUT2D eigenvalue weighted by Crippen LogP contribution is 2.59. The predicted octanol–water partition coefficient (Wildman–Crippen LogP) is 3.19. The molecule has 2 heteroatoms. The lowest BCUT2D eigenvalue weighted by molar-refractivity contribution is -0.267. The molecule has 2 heterocycles. The van der Waals surface area contributed by atoms with Crippen molar-refractivity contribution in [3.63, 3.8) is 0 Å². The largest absolute Gasteiger partial charge is 0.372 e. The lowest BCUT2D eigenvalue weighted by Gasteiger charge is -2.53. The Balaban J connectivity index is 1.47. The molecule has 0 aromatic rings. The Labute approximate surface area is 97.7 Å². The van der Waals surface area contributed by atoms with Crippen LogP contribution in [-0.2, 0) is 9.47 Å². The summed E-state index contributed by atoms with van der Waals surface area (Å²) >= 11 is 0. The molecule has 16 heavy (non-hydrogen) atoms. The van der Waals surface area contributed by atoms with Gasteiger partial charge in [0, 0.05) is 12.8 Å². The van der Waals surface area contributed by atoms with Gasteiger partial charge in [0.15, 0.2) is 0 Å². The summed E-state index contributed by atoms with van der Waals surface area (Å²) in [6, 6.07) is 0. The fourth-order valence-corrected chi connectivity index (χ4v) is 4.83. The molecule has 0 aromatic carbocycles. The van der Waals surface area contributed by atoms with Crippen molar-refractivity contribution >= 4 is 0 Å². The van der Waals surface area contributed by atoms with Crippen LogP contribution < -0.4 is 0 Å². The summed E-state index contributed by atoms with van der Waals surface area (Å²) in [5.41, 5.74) is 0.683. The second-order valence-electron chi connectivity index (χ2n) is 6.71. The van der Waals surface area contributed by atoms with Crippen molar-refractivity contribution in [3.05, 3.63) is 0 Å². The maximum absolute atomic E-state index is 6.40. The van der Waals surface area contributed by atoms with Gasteiger partial charge in [-0.2, -0.15) is 0 Å². The Morgan fingerprint density at radius 1 is 0.625 bits per heavy atom. The zero-order chi connectivity index (χ0) is 10.7. The molecule has 0 N–H and O–H groups in total. The van der Waals surface area contributed by atoms with E-state index in [1.54, 1.807) is 0 Å². The molecule has 3 spiro atoms. The zero-order valence-corrected chi connectivity index (χ0v) is 10.1. The fraction of sp³-hybridized carbons (Fsp3) is 1.00. The van der Waals surface area contributed by atoms with Gasteiger partial charge in [-0.1, -0.05) is 25.7 Å². The van der Waals surface area contributed by atoms with Crippen molar-refractivity contribution in [2.24, 2.45) is 0 Å². The first-order chi connectivity index (χ1) is 7.74. The van der Waals surface area contributed by atoms with Crippen LogP contribution in [0, 0.1) is 0 Å². The highest BCUT2D eigenvalue weighted by Gasteiger charge is 2.63. The van der Waals surface area contributed by atoms with Crippen LogP contribution in [0.1, 0.15) is 64.2 Å². The molecule has 2 saturated carbocycles. The summed E-state index contributed by atoms with van der Waals surface area (Å²) in [5, 5.41) is 0. The maximum Gasteiger partial charge on any atom is 0.0977 e. The van der Waals surface area contributed by atoms with Crippen molar-refractivity contribution in [3.8, 4) is 0 Å². The summed E-state index contributed by atoms with van der Waals surface area (Å²) in [5.74, 6) is 0. The molecule has 4 aliphatic rings. The molecule has 0 radical (unpaired) electrons. The molecule has 0 bridgehead atoms. The van der Waals surface area contributed by atoms with Crippen LogP contribution in [0.5, 0.6) is 0 Å². The molecule has 90 valence electrons. The summed E-state index contributed by atoms with van der Waals surface area (Å²) in [6.07, 6.45) is 13.1. The van der Waals surface area contributed by atoms with Gasteiger partial charge in [-0.15, -0.1) is 0 Å². The molecule has 1 unspecified atom stereocenters. The van der Waals surface area contributed by atoms with Gasteiger partial charge in [0.2, 0.25) is 0 Å². The Morgan fingerprint density at radius 2 is 1.19 bits per heavy atom. The third-order valence-corrected chi connectivity index (χ3v) is 5.39. The van der Waals surface area contributed by atoms with Crippen LogP contribution in [0.25, 0.3) is 0 Å². The monoisotopic (exact) mass is 222 g/mol. The Bertz CT molecular complexity index is 290. The summed E-state index contributed by atoms with van der Waals surface area (Å²) in [7, 11) is 0. The fourth-order valence-electron chi connectivity index (χ4n) is 4.83. The van der Waals surface area contributed by atoms with Crippen LogP contribution in [0.2, 0.25) is 0 Å². The van der Waals surface area contributed by atoms with E-state index in [9.17, 15) is 0 Å². The molecule has 0 aromatic heterocycles. The lowest BCUT2D eigenvalue weighted by atomic mass is 9.74. The van der Waals surface area contributed by atoms with Crippen molar-refractivity contribution < 1.29 is 9.47 Å². The van der Waals surface area contributed by atoms with Crippen molar-refractivity contribution in [1.82, 2.24) is 0 Å². The van der Waals surface area contributed by atoms with Crippen LogP contribution in [0.15, 0.2) is 0 Å². The van der Waals surface area contributed by atoms with Crippen LogP contribution >= 0.6 is 0 Å². The minimum absolute atomic E-state index is 0.147. The molecule has 2 saturated heterocycles. The number of ether oxygens (including phenoxy) is 2. The van der Waals surface area contributed by atoms with Gasteiger partial charge < -0.3 is 9.47 Å². The summed E-state index contributed by atoms with van der Waals surface area (Å²) < 4.78 is 12.5.